The van der Waals surface area contributed by atoms with Gasteiger partial charge in [0, 0.05) is 28.4 Å². The van der Waals surface area contributed by atoms with Crippen molar-refractivity contribution in [1.29, 1.82) is 0 Å². The summed E-state index contributed by atoms with van der Waals surface area (Å²) in [7, 11) is 0. The Labute approximate surface area is 132 Å². The monoisotopic (exact) mass is 313 g/mol. The lowest BCUT2D eigenvalue weighted by Gasteiger charge is -2.11. The molecule has 0 radical (unpaired) electrons. The summed E-state index contributed by atoms with van der Waals surface area (Å²) in [5.41, 5.74) is 7.04. The number of hydrogen-bond acceptors (Lipinski definition) is 4. The van der Waals surface area contributed by atoms with Gasteiger partial charge in [0.15, 0.2) is 0 Å². The molecule has 0 spiro atoms. The van der Waals surface area contributed by atoms with Gasteiger partial charge in [-0.2, -0.15) is 0 Å². The number of nitrogens with one attached hydrogen (secondary N) is 1. The summed E-state index contributed by atoms with van der Waals surface area (Å²) in [4.78, 5) is 34.0. The van der Waals surface area contributed by atoms with E-state index in [0.29, 0.717) is 22.4 Å². The zero-order valence-corrected chi connectivity index (χ0v) is 12.6. The third-order valence-corrected chi connectivity index (χ3v) is 3.52. The maximum absolute atomic E-state index is 12.3. The molecule has 0 saturated carbocycles. The van der Waals surface area contributed by atoms with E-state index >= 15 is 0 Å². The lowest BCUT2D eigenvalue weighted by molar-refractivity contribution is -0.385. The van der Waals surface area contributed by atoms with Crippen molar-refractivity contribution in [3.05, 3.63) is 68.8 Å². The number of aryl methyl sites for hydroxylation is 1. The van der Waals surface area contributed by atoms with Gasteiger partial charge >= 0.3 is 0 Å². The van der Waals surface area contributed by atoms with E-state index in [1.807, 2.05) is 0 Å². The smallest absolute Gasteiger partial charge is 0.273 e. The van der Waals surface area contributed by atoms with E-state index in [2.05, 4.69) is 5.32 Å². The molecule has 118 valence electrons. The van der Waals surface area contributed by atoms with E-state index in [1.165, 1.54) is 18.2 Å². The summed E-state index contributed by atoms with van der Waals surface area (Å²) in [5.74, 6) is -1.10. The molecule has 7 heteroatoms. The Bertz CT molecular complexity index is 815. The lowest BCUT2D eigenvalue weighted by Crippen LogP contribution is -2.17. The maximum Gasteiger partial charge on any atom is 0.273 e. The van der Waals surface area contributed by atoms with Gasteiger partial charge in [0.05, 0.1) is 4.92 Å². The molecular weight excluding hydrogens is 298 g/mol. The highest BCUT2D eigenvalue weighted by atomic mass is 16.6. The van der Waals surface area contributed by atoms with Crippen LogP contribution in [-0.2, 0) is 0 Å². The number of benzene rings is 2. The van der Waals surface area contributed by atoms with Crippen LogP contribution in [0.3, 0.4) is 0 Å². The fourth-order valence-electron chi connectivity index (χ4n) is 2.18. The first-order valence-electron chi connectivity index (χ1n) is 6.77. The second kappa shape index (κ2) is 6.27. The van der Waals surface area contributed by atoms with Crippen LogP contribution in [0.2, 0.25) is 0 Å². The normalized spacial score (nSPS) is 10.2. The number of nitro groups is 1. The van der Waals surface area contributed by atoms with E-state index in [1.54, 1.807) is 32.0 Å². The minimum absolute atomic E-state index is 0.125. The van der Waals surface area contributed by atoms with E-state index in [-0.39, 0.29) is 11.3 Å². The van der Waals surface area contributed by atoms with Gasteiger partial charge in [-0.1, -0.05) is 12.1 Å². The number of amides is 2. The summed E-state index contributed by atoms with van der Waals surface area (Å²) in [5, 5.41) is 13.6. The van der Waals surface area contributed by atoms with Crippen LogP contribution in [0, 0.1) is 24.0 Å². The summed E-state index contributed by atoms with van der Waals surface area (Å²) in [6.45, 7) is 3.26. The Morgan fingerprint density at radius 2 is 1.87 bits per heavy atom. The van der Waals surface area contributed by atoms with Gasteiger partial charge in [-0.15, -0.1) is 0 Å². The van der Waals surface area contributed by atoms with Gasteiger partial charge in [0.25, 0.3) is 11.6 Å². The Morgan fingerprint density at radius 1 is 1.17 bits per heavy atom. The van der Waals surface area contributed by atoms with Crippen molar-refractivity contribution in [2.24, 2.45) is 5.73 Å². The molecule has 2 aromatic carbocycles. The molecule has 0 atom stereocenters. The van der Waals surface area contributed by atoms with Gasteiger partial charge in [-0.05, 0) is 37.6 Å². The van der Waals surface area contributed by atoms with Crippen molar-refractivity contribution in [3.8, 4) is 0 Å². The molecule has 0 aromatic heterocycles. The molecule has 0 aliphatic rings. The van der Waals surface area contributed by atoms with Gasteiger partial charge in [-0.25, -0.2) is 0 Å². The summed E-state index contributed by atoms with van der Waals surface area (Å²) < 4.78 is 0. The van der Waals surface area contributed by atoms with Gasteiger partial charge in [0.1, 0.15) is 0 Å². The fraction of sp³-hybridized carbons (Fsp3) is 0.125. The Balaban J connectivity index is 2.33. The molecule has 2 rings (SSSR count). The highest BCUT2D eigenvalue weighted by molar-refractivity contribution is 6.06. The average molecular weight is 313 g/mol. The number of hydrogen-bond donors (Lipinski definition) is 2. The van der Waals surface area contributed by atoms with Crippen molar-refractivity contribution < 1.29 is 14.5 Å². The molecule has 23 heavy (non-hydrogen) atoms. The molecule has 0 saturated heterocycles. The van der Waals surface area contributed by atoms with Crippen molar-refractivity contribution in [2.45, 2.75) is 13.8 Å². The largest absolute Gasteiger partial charge is 0.366 e. The standard InChI is InChI=1S/C16H15N3O4/c1-9-6-7-11(8-14(9)19(22)23)16(21)18-13-5-3-4-12(10(13)2)15(17)20/h3-8H,1-2H3,(H2,17,20)(H,18,21). The van der Waals surface area contributed by atoms with Crippen molar-refractivity contribution in [3.63, 3.8) is 0 Å². The van der Waals surface area contributed by atoms with E-state index in [0.717, 1.165) is 0 Å². The zero-order chi connectivity index (χ0) is 17.1. The lowest BCUT2D eigenvalue weighted by atomic mass is 10.1. The number of nitrogens with two attached hydrogens (primary N) is 1. The number of carbonyl (C=O) groups is 2. The number of nitro benzene ring substituents is 1. The summed E-state index contributed by atoms with van der Waals surface area (Å²) in [6, 6.07) is 9.02. The predicted octanol–water partition coefficient (Wildman–Crippen LogP) is 2.56. The minimum atomic E-state index is -0.593. The number of nitrogens with zero attached hydrogens (tertiary/aromatic N) is 1. The van der Waals surface area contributed by atoms with Crippen LogP contribution in [0.25, 0.3) is 0 Å². The topological polar surface area (TPSA) is 115 Å². The second-order valence-corrected chi connectivity index (χ2v) is 5.05. The molecular formula is C16H15N3O4. The van der Waals surface area contributed by atoms with E-state index in [4.69, 9.17) is 5.73 Å². The molecule has 0 bridgehead atoms. The number of primary amides is 1. The first-order chi connectivity index (χ1) is 10.8. The fourth-order valence-corrected chi connectivity index (χ4v) is 2.18. The van der Waals surface area contributed by atoms with Crippen LogP contribution in [0.15, 0.2) is 36.4 Å². The highest BCUT2D eigenvalue weighted by Crippen LogP contribution is 2.22. The van der Waals surface area contributed by atoms with Gasteiger partial charge in [-0.3, -0.25) is 19.7 Å². The van der Waals surface area contributed by atoms with Crippen LogP contribution in [-0.4, -0.2) is 16.7 Å². The van der Waals surface area contributed by atoms with Crippen LogP contribution < -0.4 is 11.1 Å². The quantitative estimate of drug-likeness (QED) is 0.666. The molecule has 0 heterocycles. The minimum Gasteiger partial charge on any atom is -0.366 e. The van der Waals surface area contributed by atoms with Crippen molar-refractivity contribution >= 4 is 23.2 Å². The summed E-state index contributed by atoms with van der Waals surface area (Å²) in [6.07, 6.45) is 0. The molecule has 7 nitrogen and oxygen atoms in total. The molecule has 0 aliphatic carbocycles. The van der Waals surface area contributed by atoms with Crippen molar-refractivity contribution in [2.75, 3.05) is 5.32 Å². The predicted molar refractivity (Wildman–Crippen MR) is 85.5 cm³/mol. The number of rotatable bonds is 4. The maximum atomic E-state index is 12.3. The highest BCUT2D eigenvalue weighted by Gasteiger charge is 2.16. The Hall–Kier alpha value is -3.22. The Kier molecular flexibility index (Phi) is 4.40. The third-order valence-electron chi connectivity index (χ3n) is 3.52. The van der Waals surface area contributed by atoms with Gasteiger partial charge in [0.2, 0.25) is 5.91 Å². The third kappa shape index (κ3) is 3.34. The number of anilines is 1. The van der Waals surface area contributed by atoms with Crippen LogP contribution >= 0.6 is 0 Å². The SMILES string of the molecule is Cc1ccc(C(=O)Nc2cccc(C(N)=O)c2C)cc1[N+](=O)[O-]. The van der Waals surface area contributed by atoms with E-state index < -0.39 is 16.7 Å². The average Bonchev–Trinajstić information content (AvgIpc) is 2.49. The molecule has 3 N–H and O–H groups in total. The van der Waals surface area contributed by atoms with Crippen LogP contribution in [0.1, 0.15) is 31.8 Å². The summed E-state index contributed by atoms with van der Waals surface area (Å²) >= 11 is 0. The molecule has 0 fully saturated rings. The second-order valence-electron chi connectivity index (χ2n) is 5.05. The van der Waals surface area contributed by atoms with Gasteiger partial charge < -0.3 is 11.1 Å². The van der Waals surface area contributed by atoms with Crippen LogP contribution in [0.5, 0.6) is 0 Å². The molecule has 0 aliphatic heterocycles. The first kappa shape index (κ1) is 16.2. The molecule has 2 amide bonds. The van der Waals surface area contributed by atoms with Crippen LogP contribution in [0.4, 0.5) is 11.4 Å². The number of carbonyl (C=O) groups excluding carboxylic acids is 2. The van der Waals surface area contributed by atoms with E-state index in [9.17, 15) is 19.7 Å². The molecule has 0 unspecified atom stereocenters. The first-order valence-corrected chi connectivity index (χ1v) is 6.77. The Morgan fingerprint density at radius 3 is 2.48 bits per heavy atom. The van der Waals surface area contributed by atoms with Crippen molar-refractivity contribution in [1.82, 2.24) is 0 Å². The molecule has 2 aromatic rings. The zero-order valence-electron chi connectivity index (χ0n) is 12.6.